The van der Waals surface area contributed by atoms with E-state index in [0.717, 1.165) is 11.1 Å². The summed E-state index contributed by atoms with van der Waals surface area (Å²) < 4.78 is 25.2. The van der Waals surface area contributed by atoms with E-state index in [1.807, 2.05) is 60.7 Å². The Morgan fingerprint density at radius 3 is 1.92 bits per heavy atom. The summed E-state index contributed by atoms with van der Waals surface area (Å²) in [6, 6.07) is 15.8. The van der Waals surface area contributed by atoms with Crippen molar-refractivity contribution in [2.24, 2.45) is 0 Å². The number of hydrogen-bond donors (Lipinski definition) is 2. The molecule has 0 bridgehead atoms. The molecule has 0 saturated carbocycles. The molecule has 3 atom stereocenters. The molecule has 2 aromatic rings. The Morgan fingerprint density at radius 1 is 0.895 bits per heavy atom. The minimum absolute atomic E-state index is 0.0111. The first kappa shape index (κ1) is 28.0. The second-order valence-electron chi connectivity index (χ2n) is 9.58. The summed E-state index contributed by atoms with van der Waals surface area (Å²) >= 11 is 0. The number of carbonyl (C=O) groups excluding carboxylic acids is 2. The molecule has 2 aromatic carbocycles. The maximum Gasteiger partial charge on any atom is 0.406 e. The smallest absolute Gasteiger partial charge is 0.406 e. The van der Waals surface area contributed by atoms with E-state index in [0.29, 0.717) is 38.8 Å². The van der Waals surface area contributed by atoms with Crippen LogP contribution < -0.4 is 5.09 Å². The fourth-order valence-electron chi connectivity index (χ4n) is 4.89. The Labute approximate surface area is 222 Å². The molecule has 38 heavy (non-hydrogen) atoms. The highest BCUT2D eigenvalue weighted by Gasteiger charge is 2.43. The van der Waals surface area contributed by atoms with Gasteiger partial charge in [0.05, 0.1) is 19.3 Å². The van der Waals surface area contributed by atoms with Gasteiger partial charge in [-0.2, -0.15) is 0 Å². The monoisotopic (exact) mass is 543 g/mol. The van der Waals surface area contributed by atoms with E-state index in [1.54, 1.807) is 6.92 Å². The van der Waals surface area contributed by atoms with E-state index in [9.17, 15) is 24.1 Å². The summed E-state index contributed by atoms with van der Waals surface area (Å²) in [4.78, 5) is 41.1. The topological polar surface area (TPSA) is 125 Å². The van der Waals surface area contributed by atoms with Crippen LogP contribution in [0.5, 0.6) is 0 Å². The highest BCUT2D eigenvalue weighted by molar-refractivity contribution is 7.51. The Hall–Kier alpha value is -3.04. The molecule has 4 rings (SSSR count). The van der Waals surface area contributed by atoms with Gasteiger partial charge in [-0.15, -0.1) is 0 Å². The number of nitrogens with zero attached hydrogens (tertiary/aromatic N) is 2. The molecule has 2 aliphatic rings. The number of carboxylic acids is 1. The van der Waals surface area contributed by atoms with Gasteiger partial charge in [0.1, 0.15) is 12.1 Å². The highest BCUT2D eigenvalue weighted by Crippen LogP contribution is 2.46. The molecule has 0 unspecified atom stereocenters. The van der Waals surface area contributed by atoms with Crippen LogP contribution in [0.15, 0.2) is 60.7 Å². The third-order valence-corrected chi connectivity index (χ3v) is 8.49. The molecule has 2 heterocycles. The summed E-state index contributed by atoms with van der Waals surface area (Å²) in [6.07, 6.45) is 2.09. The maximum atomic E-state index is 13.8. The van der Waals surface area contributed by atoms with Crippen molar-refractivity contribution in [3.63, 3.8) is 0 Å². The summed E-state index contributed by atoms with van der Waals surface area (Å²) in [7, 11) is -3.96. The summed E-state index contributed by atoms with van der Waals surface area (Å²) in [5.41, 5.74) is 1.58. The minimum atomic E-state index is -3.96. The Balaban J connectivity index is 1.45. The van der Waals surface area contributed by atoms with E-state index in [4.69, 9.17) is 9.05 Å². The Morgan fingerprint density at radius 2 is 1.39 bits per heavy atom. The van der Waals surface area contributed by atoms with E-state index < -0.39 is 37.7 Å². The lowest BCUT2D eigenvalue weighted by molar-refractivity contribution is -0.152. The van der Waals surface area contributed by atoms with E-state index in [1.165, 1.54) is 9.80 Å². The molecule has 2 aliphatic heterocycles. The van der Waals surface area contributed by atoms with Gasteiger partial charge in [0.15, 0.2) is 0 Å². The van der Waals surface area contributed by atoms with Crippen molar-refractivity contribution in [2.75, 3.05) is 13.1 Å². The van der Waals surface area contributed by atoms with E-state index >= 15 is 0 Å². The molecule has 0 radical (unpaired) electrons. The molecular weight excluding hydrogens is 509 g/mol. The van der Waals surface area contributed by atoms with Crippen LogP contribution in [0.1, 0.15) is 43.7 Å². The van der Waals surface area contributed by atoms with Crippen molar-refractivity contribution in [3.8, 4) is 0 Å². The number of likely N-dealkylation sites (tertiary alicyclic amines) is 2. The van der Waals surface area contributed by atoms with Crippen molar-refractivity contribution in [1.29, 1.82) is 0 Å². The lowest BCUT2D eigenvalue weighted by atomic mass is 10.1. The SMILES string of the molecule is C[C@H](NP(=O)(OCc1ccccc1)OCc1ccccc1)C(=O)N1CCC[C@H]1C(=O)N1CCC[C@@H]1C(=O)O. The largest absolute Gasteiger partial charge is 0.480 e. The fraction of sp³-hybridized carbons (Fsp3) is 0.444. The van der Waals surface area contributed by atoms with E-state index in [-0.39, 0.29) is 19.1 Å². The van der Waals surface area contributed by atoms with Crippen LogP contribution in [0.25, 0.3) is 0 Å². The molecule has 2 amide bonds. The van der Waals surface area contributed by atoms with Crippen LogP contribution in [-0.2, 0) is 41.2 Å². The predicted molar refractivity (Wildman–Crippen MR) is 140 cm³/mol. The molecule has 0 aliphatic carbocycles. The van der Waals surface area contributed by atoms with Gasteiger partial charge in [-0.3, -0.25) is 18.6 Å². The van der Waals surface area contributed by atoms with Gasteiger partial charge in [0.25, 0.3) is 0 Å². The second kappa shape index (κ2) is 12.7. The Bertz CT molecular complexity index is 1120. The van der Waals surface area contributed by atoms with Crippen molar-refractivity contribution in [2.45, 2.75) is 63.9 Å². The number of carbonyl (C=O) groups is 3. The summed E-state index contributed by atoms with van der Waals surface area (Å²) in [5, 5.41) is 12.3. The molecule has 11 heteroatoms. The standard InChI is InChI=1S/C27H34N3O7P/c1-20(25(31)29-16-8-14-23(29)26(32)30-17-9-15-24(30)27(33)34)28-38(35,36-18-21-10-4-2-5-11-21)37-19-22-12-6-3-7-13-22/h2-7,10-13,20,23-24H,8-9,14-19H2,1H3,(H,28,35)(H,33,34)/t20-,23-,24+/m0/s1. The fourth-order valence-corrected chi connectivity index (χ4v) is 6.33. The van der Waals surface area contributed by atoms with Gasteiger partial charge in [0.2, 0.25) is 11.8 Å². The number of benzene rings is 2. The van der Waals surface area contributed by atoms with Gasteiger partial charge in [-0.05, 0) is 43.7 Å². The van der Waals surface area contributed by atoms with Crippen LogP contribution in [0.4, 0.5) is 0 Å². The third-order valence-electron chi connectivity index (χ3n) is 6.85. The first-order valence-electron chi connectivity index (χ1n) is 12.9. The molecule has 2 saturated heterocycles. The quantitative estimate of drug-likeness (QED) is 0.412. The zero-order valence-corrected chi connectivity index (χ0v) is 22.3. The summed E-state index contributed by atoms with van der Waals surface area (Å²) in [5.74, 6) is -1.80. The molecule has 10 nitrogen and oxygen atoms in total. The van der Waals surface area contributed by atoms with E-state index in [2.05, 4.69) is 5.09 Å². The van der Waals surface area contributed by atoms with Crippen LogP contribution in [0, 0.1) is 0 Å². The average Bonchev–Trinajstić information content (AvgIpc) is 3.62. The maximum absolute atomic E-state index is 13.8. The van der Waals surface area contributed by atoms with Crippen LogP contribution >= 0.6 is 7.75 Å². The Kier molecular flexibility index (Phi) is 9.33. The van der Waals surface area contributed by atoms with Crippen molar-refractivity contribution < 1.29 is 33.1 Å². The minimum Gasteiger partial charge on any atom is -0.480 e. The first-order valence-corrected chi connectivity index (χ1v) is 14.4. The number of rotatable bonds is 11. The van der Waals surface area contributed by atoms with Gasteiger partial charge < -0.3 is 14.9 Å². The van der Waals surface area contributed by atoms with Gasteiger partial charge in [0, 0.05) is 13.1 Å². The molecule has 0 spiro atoms. The average molecular weight is 544 g/mol. The molecule has 0 aromatic heterocycles. The predicted octanol–water partition coefficient (Wildman–Crippen LogP) is 3.57. The molecule has 2 N–H and O–H groups in total. The summed E-state index contributed by atoms with van der Waals surface area (Å²) in [6.45, 7) is 2.29. The number of nitrogens with one attached hydrogen (secondary N) is 1. The third kappa shape index (κ3) is 6.88. The van der Waals surface area contributed by atoms with Gasteiger partial charge in [-0.1, -0.05) is 60.7 Å². The zero-order chi connectivity index (χ0) is 27.1. The highest BCUT2D eigenvalue weighted by atomic mass is 31.2. The number of amides is 2. The van der Waals surface area contributed by atoms with Crippen molar-refractivity contribution in [1.82, 2.24) is 14.9 Å². The molecule has 204 valence electrons. The normalized spacial score (nSPS) is 20.4. The van der Waals surface area contributed by atoms with Gasteiger partial charge >= 0.3 is 13.7 Å². The molecular formula is C27H34N3O7P. The number of aliphatic carboxylic acids is 1. The lowest BCUT2D eigenvalue weighted by Crippen LogP contribution is -2.53. The number of hydrogen-bond acceptors (Lipinski definition) is 6. The first-order chi connectivity index (χ1) is 18.3. The van der Waals surface area contributed by atoms with Crippen LogP contribution in [0.3, 0.4) is 0 Å². The zero-order valence-electron chi connectivity index (χ0n) is 21.4. The lowest BCUT2D eigenvalue weighted by Gasteiger charge is -2.32. The van der Waals surface area contributed by atoms with Crippen molar-refractivity contribution >= 4 is 25.5 Å². The molecule has 2 fully saturated rings. The van der Waals surface area contributed by atoms with Crippen molar-refractivity contribution in [3.05, 3.63) is 71.8 Å². The second-order valence-corrected chi connectivity index (χ2v) is 11.4. The van der Waals surface area contributed by atoms with Gasteiger partial charge in [-0.25, -0.2) is 14.4 Å². The van der Waals surface area contributed by atoms with Crippen LogP contribution in [0.2, 0.25) is 0 Å². The number of carboxylic acid groups (broad SMARTS) is 1. The van der Waals surface area contributed by atoms with Crippen LogP contribution in [-0.4, -0.2) is 63.9 Å².